The molecular weight excluding hydrogens is 195 g/mol. The summed E-state index contributed by atoms with van der Waals surface area (Å²) < 4.78 is 10.4. The van der Waals surface area contributed by atoms with Crippen molar-refractivity contribution in [1.82, 2.24) is 0 Å². The molecule has 0 aliphatic heterocycles. The van der Waals surface area contributed by atoms with E-state index >= 15 is 0 Å². The summed E-state index contributed by atoms with van der Waals surface area (Å²) in [6.07, 6.45) is 0. The lowest BCUT2D eigenvalue weighted by atomic mass is 10.2. The molecule has 0 aliphatic carbocycles. The van der Waals surface area contributed by atoms with E-state index in [1.165, 1.54) is 5.56 Å². The molecule has 1 aromatic carbocycles. The Bertz CT molecular complexity index is 261. The fraction of sp³-hybridized carbons (Fsp3) is 0.455. The molecule has 0 heterocycles. The van der Waals surface area contributed by atoms with Gasteiger partial charge in [-0.05, 0) is 31.5 Å². The molecule has 0 radical (unpaired) electrons. The van der Waals surface area contributed by atoms with E-state index in [-0.39, 0.29) is 0 Å². The molecule has 1 atom stereocenters. The highest BCUT2D eigenvalue weighted by molar-refractivity contribution is 7.10. The molecule has 0 amide bonds. The molecule has 0 saturated carbocycles. The van der Waals surface area contributed by atoms with Crippen LogP contribution < -0.4 is 9.26 Å². The third kappa shape index (κ3) is 3.97. The van der Waals surface area contributed by atoms with Gasteiger partial charge in [0.2, 0.25) is 0 Å². The quantitative estimate of drug-likeness (QED) is 0.716. The van der Waals surface area contributed by atoms with Crippen LogP contribution in [0.3, 0.4) is 0 Å². The molecule has 0 saturated heterocycles. The topological polar surface area (TPSA) is 18.5 Å². The van der Waals surface area contributed by atoms with Gasteiger partial charge in [0.25, 0.3) is 0 Å². The van der Waals surface area contributed by atoms with Crippen molar-refractivity contribution in [3.8, 4) is 11.5 Å². The molecule has 0 N–H and O–H groups in total. The zero-order valence-electron chi connectivity index (χ0n) is 9.33. The Kier molecular flexibility index (Phi) is 7.23. The van der Waals surface area contributed by atoms with Gasteiger partial charge in [-0.25, -0.2) is 0 Å². The first-order chi connectivity index (χ1) is 6.77. The molecule has 2 nitrogen and oxygen atoms in total. The average molecular weight is 214 g/mol. The van der Waals surface area contributed by atoms with E-state index in [2.05, 4.69) is 9.47 Å². The van der Waals surface area contributed by atoms with Gasteiger partial charge in [-0.1, -0.05) is 19.9 Å². The molecular formula is C11H19O2P. The van der Waals surface area contributed by atoms with Gasteiger partial charge in [-0.3, -0.25) is 0 Å². The van der Waals surface area contributed by atoms with Crippen molar-refractivity contribution in [2.75, 3.05) is 6.61 Å². The molecule has 1 unspecified atom stereocenters. The summed E-state index contributed by atoms with van der Waals surface area (Å²) in [6.45, 7) is 8.63. The zero-order chi connectivity index (χ0) is 11.0. The SMILES string of the molecule is CC.CCOc1cc(C)ccc1OP. The molecule has 3 heteroatoms. The normalized spacial score (nSPS) is 8.64. The minimum atomic E-state index is 0.657. The summed E-state index contributed by atoms with van der Waals surface area (Å²) in [5, 5.41) is 0. The van der Waals surface area contributed by atoms with E-state index in [0.717, 1.165) is 11.5 Å². The van der Waals surface area contributed by atoms with Crippen LogP contribution in [-0.2, 0) is 0 Å². The van der Waals surface area contributed by atoms with Crippen molar-refractivity contribution >= 4 is 9.47 Å². The molecule has 0 spiro atoms. The van der Waals surface area contributed by atoms with Crippen LogP contribution in [0.5, 0.6) is 11.5 Å². The lowest BCUT2D eigenvalue weighted by Crippen LogP contribution is -1.93. The van der Waals surface area contributed by atoms with Gasteiger partial charge in [0.15, 0.2) is 11.5 Å². The summed E-state index contributed by atoms with van der Waals surface area (Å²) in [5.41, 5.74) is 1.17. The third-order valence-corrected chi connectivity index (χ3v) is 1.78. The molecule has 0 aliphatic rings. The Morgan fingerprint density at radius 3 is 2.36 bits per heavy atom. The summed E-state index contributed by atoms with van der Waals surface area (Å²) >= 11 is 0. The second-order valence-corrected chi connectivity index (χ2v) is 2.74. The van der Waals surface area contributed by atoms with Crippen LogP contribution >= 0.6 is 9.47 Å². The standard InChI is InChI=1S/C9H13O2P.C2H6/c1-3-10-9-6-7(2)4-5-8(9)11-12;1-2/h4-6H,3,12H2,1-2H3;1-2H3. The maximum absolute atomic E-state index is 5.37. The smallest absolute Gasteiger partial charge is 0.164 e. The fourth-order valence-electron chi connectivity index (χ4n) is 0.981. The van der Waals surface area contributed by atoms with Crippen LogP contribution in [0.4, 0.5) is 0 Å². The minimum absolute atomic E-state index is 0.657. The monoisotopic (exact) mass is 214 g/mol. The molecule has 0 fully saturated rings. The van der Waals surface area contributed by atoms with Gasteiger partial charge in [0.1, 0.15) is 0 Å². The maximum atomic E-state index is 5.37. The predicted molar refractivity (Wildman–Crippen MR) is 64.0 cm³/mol. The molecule has 1 aromatic rings. The summed E-state index contributed by atoms with van der Waals surface area (Å²) in [7, 11) is 2.21. The number of hydrogen-bond acceptors (Lipinski definition) is 2. The van der Waals surface area contributed by atoms with E-state index in [4.69, 9.17) is 9.26 Å². The Morgan fingerprint density at radius 2 is 1.86 bits per heavy atom. The number of ether oxygens (including phenoxy) is 1. The number of hydrogen-bond donors (Lipinski definition) is 0. The van der Waals surface area contributed by atoms with Crippen molar-refractivity contribution < 1.29 is 9.26 Å². The highest BCUT2D eigenvalue weighted by atomic mass is 31.0. The first-order valence-corrected chi connectivity index (χ1v) is 5.35. The summed E-state index contributed by atoms with van der Waals surface area (Å²) in [4.78, 5) is 0. The van der Waals surface area contributed by atoms with Crippen LogP contribution in [0.1, 0.15) is 26.3 Å². The van der Waals surface area contributed by atoms with Crippen LogP contribution in [0.2, 0.25) is 0 Å². The van der Waals surface area contributed by atoms with Crippen LogP contribution in [0.25, 0.3) is 0 Å². The highest BCUT2D eigenvalue weighted by Gasteiger charge is 2.02. The number of benzene rings is 1. The van der Waals surface area contributed by atoms with Crippen molar-refractivity contribution in [3.63, 3.8) is 0 Å². The Balaban J connectivity index is 0.000000791. The summed E-state index contributed by atoms with van der Waals surface area (Å²) in [6, 6.07) is 5.85. The lowest BCUT2D eigenvalue weighted by molar-refractivity contribution is 0.330. The second-order valence-electron chi connectivity index (χ2n) is 2.50. The molecule has 1 rings (SSSR count). The minimum Gasteiger partial charge on any atom is -0.490 e. The van der Waals surface area contributed by atoms with Crippen molar-refractivity contribution in [1.29, 1.82) is 0 Å². The van der Waals surface area contributed by atoms with Crippen LogP contribution in [-0.4, -0.2) is 6.61 Å². The zero-order valence-corrected chi connectivity index (χ0v) is 10.5. The van der Waals surface area contributed by atoms with E-state index in [1.54, 1.807) is 0 Å². The maximum Gasteiger partial charge on any atom is 0.164 e. The van der Waals surface area contributed by atoms with Crippen molar-refractivity contribution in [3.05, 3.63) is 23.8 Å². The summed E-state index contributed by atoms with van der Waals surface area (Å²) in [5.74, 6) is 1.56. The van der Waals surface area contributed by atoms with Gasteiger partial charge >= 0.3 is 0 Å². The second kappa shape index (κ2) is 7.64. The van der Waals surface area contributed by atoms with Crippen molar-refractivity contribution in [2.24, 2.45) is 0 Å². The molecule has 0 aromatic heterocycles. The highest BCUT2D eigenvalue weighted by Crippen LogP contribution is 2.29. The van der Waals surface area contributed by atoms with Gasteiger partial charge in [0, 0.05) is 0 Å². The van der Waals surface area contributed by atoms with Crippen LogP contribution in [0, 0.1) is 6.92 Å². The van der Waals surface area contributed by atoms with Gasteiger partial charge in [-0.2, -0.15) is 0 Å². The predicted octanol–water partition coefficient (Wildman–Crippen LogP) is 3.59. The molecule has 14 heavy (non-hydrogen) atoms. The van der Waals surface area contributed by atoms with Gasteiger partial charge in [0.05, 0.1) is 16.1 Å². The molecule has 80 valence electrons. The Hall–Kier alpha value is -0.750. The third-order valence-electron chi connectivity index (χ3n) is 1.53. The Labute approximate surface area is 88.9 Å². The van der Waals surface area contributed by atoms with Crippen LogP contribution in [0.15, 0.2) is 18.2 Å². The molecule has 0 bridgehead atoms. The average Bonchev–Trinajstić information content (AvgIpc) is 2.22. The first-order valence-electron chi connectivity index (χ1n) is 4.88. The van der Waals surface area contributed by atoms with E-state index < -0.39 is 0 Å². The first kappa shape index (κ1) is 13.2. The van der Waals surface area contributed by atoms with Gasteiger partial charge in [-0.15, -0.1) is 0 Å². The Morgan fingerprint density at radius 1 is 1.21 bits per heavy atom. The van der Waals surface area contributed by atoms with Gasteiger partial charge < -0.3 is 9.26 Å². The lowest BCUT2D eigenvalue weighted by Gasteiger charge is -2.08. The van der Waals surface area contributed by atoms with E-state index in [1.807, 2.05) is 45.9 Å². The van der Waals surface area contributed by atoms with E-state index in [9.17, 15) is 0 Å². The number of aryl methyl sites for hydroxylation is 1. The van der Waals surface area contributed by atoms with E-state index in [0.29, 0.717) is 6.61 Å². The largest absolute Gasteiger partial charge is 0.490 e. The van der Waals surface area contributed by atoms with Crippen molar-refractivity contribution in [2.45, 2.75) is 27.7 Å². The number of rotatable bonds is 3. The fourth-order valence-corrected chi connectivity index (χ4v) is 1.18.